The van der Waals surface area contributed by atoms with Crippen LogP contribution in [0.1, 0.15) is 10.4 Å². The monoisotopic (exact) mass is 166 g/mol. The average Bonchev–Trinajstić information content (AvgIpc) is 2.34. The maximum absolute atomic E-state index is 10.9. The number of fused-ring (bicyclic) bond motifs is 1. The van der Waals surface area contributed by atoms with Crippen molar-refractivity contribution >= 4 is 23.1 Å². The predicted octanol–water partition coefficient (Wildman–Crippen LogP) is 0.536. The second-order valence-electron chi connectivity index (χ2n) is 2.33. The summed E-state index contributed by atoms with van der Waals surface area (Å²) in [4.78, 5) is 15.6. The largest absolute Gasteiger partial charge is 0.383 e. The molecule has 0 radical (unpaired) electrons. The van der Waals surface area contributed by atoms with Gasteiger partial charge in [-0.2, -0.15) is 4.99 Å². The lowest BCUT2D eigenvalue weighted by Crippen LogP contribution is -2.21. The lowest BCUT2D eigenvalue weighted by Gasteiger charge is -2.06. The molecule has 0 saturated heterocycles. The molecular weight excluding hydrogens is 160 g/mol. The standard InChI is InChI=1S/C7H6N2OS/c8-7-4-1-2-11-5(4)3-6(10)9-7/h1-2H,3H2,(H2,8,9,10). The van der Waals surface area contributed by atoms with Gasteiger partial charge in [0.25, 0.3) is 5.91 Å². The number of amidine groups is 1. The lowest BCUT2D eigenvalue weighted by molar-refractivity contribution is -0.117. The number of nitrogens with two attached hydrogens (primary N) is 1. The number of carbonyl (C=O) groups is 1. The van der Waals surface area contributed by atoms with Crippen molar-refractivity contribution in [3.8, 4) is 0 Å². The van der Waals surface area contributed by atoms with Crippen LogP contribution in [-0.2, 0) is 11.2 Å². The molecular formula is C7H6N2OS. The van der Waals surface area contributed by atoms with E-state index in [2.05, 4.69) is 4.99 Å². The summed E-state index contributed by atoms with van der Waals surface area (Å²) in [6.07, 6.45) is 0.410. The summed E-state index contributed by atoms with van der Waals surface area (Å²) in [5.74, 6) is 0.218. The van der Waals surface area contributed by atoms with Crippen molar-refractivity contribution in [1.29, 1.82) is 0 Å². The zero-order valence-electron chi connectivity index (χ0n) is 5.70. The summed E-state index contributed by atoms with van der Waals surface area (Å²) in [6, 6.07) is 1.89. The quantitative estimate of drug-likeness (QED) is 0.611. The van der Waals surface area contributed by atoms with Crippen LogP contribution in [0.25, 0.3) is 0 Å². The van der Waals surface area contributed by atoms with Gasteiger partial charge >= 0.3 is 0 Å². The van der Waals surface area contributed by atoms with Crippen LogP contribution in [0.5, 0.6) is 0 Å². The summed E-state index contributed by atoms with van der Waals surface area (Å²) in [5.41, 5.74) is 6.44. The highest BCUT2D eigenvalue weighted by Gasteiger charge is 2.17. The molecule has 56 valence electrons. The van der Waals surface area contributed by atoms with Crippen molar-refractivity contribution in [3.63, 3.8) is 0 Å². The number of carbonyl (C=O) groups excluding carboxylic acids is 1. The summed E-state index contributed by atoms with van der Waals surface area (Å²) >= 11 is 1.55. The Morgan fingerprint density at radius 2 is 2.45 bits per heavy atom. The van der Waals surface area contributed by atoms with Crippen LogP contribution in [0.4, 0.5) is 0 Å². The molecule has 0 fully saturated rings. The minimum Gasteiger partial charge on any atom is -0.383 e. The topological polar surface area (TPSA) is 55.4 Å². The number of rotatable bonds is 0. The van der Waals surface area contributed by atoms with E-state index in [9.17, 15) is 4.79 Å². The average molecular weight is 166 g/mol. The fourth-order valence-electron chi connectivity index (χ4n) is 1.08. The SMILES string of the molecule is NC1=NC(=O)Cc2sccc21. The molecule has 2 rings (SSSR count). The van der Waals surface area contributed by atoms with Crippen molar-refractivity contribution < 1.29 is 4.79 Å². The molecule has 4 heteroatoms. The van der Waals surface area contributed by atoms with E-state index in [-0.39, 0.29) is 5.91 Å². The van der Waals surface area contributed by atoms with Gasteiger partial charge in [0.1, 0.15) is 5.84 Å². The maximum Gasteiger partial charge on any atom is 0.252 e. The van der Waals surface area contributed by atoms with Crippen molar-refractivity contribution in [2.45, 2.75) is 6.42 Å². The van der Waals surface area contributed by atoms with E-state index in [0.717, 1.165) is 10.4 Å². The van der Waals surface area contributed by atoms with E-state index >= 15 is 0 Å². The normalized spacial score (nSPS) is 16.0. The van der Waals surface area contributed by atoms with Gasteiger partial charge in [-0.15, -0.1) is 11.3 Å². The van der Waals surface area contributed by atoms with Crippen molar-refractivity contribution in [3.05, 3.63) is 21.9 Å². The van der Waals surface area contributed by atoms with Crippen LogP contribution >= 0.6 is 11.3 Å². The maximum atomic E-state index is 10.9. The van der Waals surface area contributed by atoms with Crippen LogP contribution < -0.4 is 5.73 Å². The molecule has 0 aromatic carbocycles. The highest BCUT2D eigenvalue weighted by atomic mass is 32.1. The molecule has 0 bridgehead atoms. The first-order valence-corrected chi connectivity index (χ1v) is 4.09. The van der Waals surface area contributed by atoms with Crippen molar-refractivity contribution in [2.75, 3.05) is 0 Å². The molecule has 1 aliphatic heterocycles. The minimum atomic E-state index is -0.141. The highest BCUT2D eigenvalue weighted by molar-refractivity contribution is 7.10. The molecule has 2 N–H and O–H groups in total. The van der Waals surface area contributed by atoms with Crippen LogP contribution in [0.15, 0.2) is 16.4 Å². The Bertz CT molecular complexity index is 340. The third-order valence-electron chi connectivity index (χ3n) is 1.58. The molecule has 1 amide bonds. The van der Waals surface area contributed by atoms with Gasteiger partial charge in [0.2, 0.25) is 0 Å². The van der Waals surface area contributed by atoms with Crippen LogP contribution in [0.2, 0.25) is 0 Å². The highest BCUT2D eigenvalue weighted by Crippen LogP contribution is 2.20. The number of hydrogen-bond donors (Lipinski definition) is 1. The molecule has 11 heavy (non-hydrogen) atoms. The smallest absolute Gasteiger partial charge is 0.252 e. The Hall–Kier alpha value is -1.16. The van der Waals surface area contributed by atoms with Gasteiger partial charge in [-0.05, 0) is 11.4 Å². The third-order valence-corrected chi connectivity index (χ3v) is 2.50. The zero-order valence-corrected chi connectivity index (χ0v) is 6.52. The summed E-state index contributed by atoms with van der Waals surface area (Å²) in [6.45, 7) is 0. The number of hydrogen-bond acceptors (Lipinski definition) is 3. The second-order valence-corrected chi connectivity index (χ2v) is 3.33. The summed E-state index contributed by atoms with van der Waals surface area (Å²) < 4.78 is 0. The number of aliphatic imine (C=N–C) groups is 1. The van der Waals surface area contributed by atoms with Gasteiger partial charge in [0.05, 0.1) is 6.42 Å². The lowest BCUT2D eigenvalue weighted by atomic mass is 10.1. The van der Waals surface area contributed by atoms with E-state index in [1.807, 2.05) is 11.4 Å². The van der Waals surface area contributed by atoms with Gasteiger partial charge in [-0.1, -0.05) is 0 Å². The van der Waals surface area contributed by atoms with Crippen molar-refractivity contribution in [2.24, 2.45) is 10.7 Å². The number of thiophene rings is 1. The first-order valence-electron chi connectivity index (χ1n) is 3.21. The fraction of sp³-hybridized carbons (Fsp3) is 0.143. The number of amides is 1. The molecule has 0 spiro atoms. The molecule has 1 aromatic rings. The van der Waals surface area contributed by atoms with Crippen molar-refractivity contribution in [1.82, 2.24) is 0 Å². The van der Waals surface area contributed by atoms with Gasteiger partial charge < -0.3 is 5.73 Å². The van der Waals surface area contributed by atoms with E-state index in [1.165, 1.54) is 0 Å². The fourth-order valence-corrected chi connectivity index (χ4v) is 1.95. The molecule has 1 aromatic heterocycles. The Morgan fingerprint density at radius 1 is 1.64 bits per heavy atom. The van der Waals surface area contributed by atoms with Gasteiger partial charge in [0.15, 0.2) is 0 Å². The Morgan fingerprint density at radius 3 is 3.27 bits per heavy atom. The molecule has 2 heterocycles. The molecule has 3 nitrogen and oxygen atoms in total. The van der Waals surface area contributed by atoms with E-state index < -0.39 is 0 Å². The summed E-state index contributed by atoms with van der Waals surface area (Å²) in [7, 11) is 0. The minimum absolute atomic E-state index is 0.141. The molecule has 0 atom stereocenters. The Labute approximate surface area is 67.6 Å². The molecule has 1 aliphatic rings. The molecule has 0 saturated carbocycles. The van der Waals surface area contributed by atoms with Gasteiger partial charge in [0, 0.05) is 10.4 Å². The molecule has 0 aliphatic carbocycles. The van der Waals surface area contributed by atoms with Crippen LogP contribution in [0, 0.1) is 0 Å². The second kappa shape index (κ2) is 2.17. The van der Waals surface area contributed by atoms with Gasteiger partial charge in [-0.25, -0.2) is 0 Å². The summed E-state index contributed by atoms with van der Waals surface area (Å²) in [5, 5.41) is 1.92. The zero-order chi connectivity index (χ0) is 7.84. The first-order chi connectivity index (χ1) is 5.27. The predicted molar refractivity (Wildman–Crippen MR) is 43.8 cm³/mol. The third kappa shape index (κ3) is 0.952. The van der Waals surface area contributed by atoms with E-state index in [4.69, 9.17) is 5.73 Å². The first kappa shape index (κ1) is 6.54. The van der Waals surface area contributed by atoms with Gasteiger partial charge in [-0.3, -0.25) is 4.79 Å². The number of nitrogens with zero attached hydrogens (tertiary/aromatic N) is 1. The van der Waals surface area contributed by atoms with Crippen LogP contribution in [-0.4, -0.2) is 11.7 Å². The Kier molecular flexibility index (Phi) is 1.29. The van der Waals surface area contributed by atoms with Crippen LogP contribution in [0.3, 0.4) is 0 Å². The van der Waals surface area contributed by atoms with E-state index in [1.54, 1.807) is 11.3 Å². The van der Waals surface area contributed by atoms with E-state index in [0.29, 0.717) is 12.3 Å². The molecule has 0 unspecified atom stereocenters. The Balaban J connectivity index is 2.58.